The molecule has 1 aliphatic rings. The molecule has 1 saturated heterocycles. The van der Waals surface area contributed by atoms with E-state index in [4.69, 9.17) is 14.3 Å². The first-order valence-corrected chi connectivity index (χ1v) is 9.98. The third-order valence-electron chi connectivity index (χ3n) is 5.47. The Morgan fingerprint density at radius 3 is 2.23 bits per heavy atom. The van der Waals surface area contributed by atoms with Crippen LogP contribution in [0.25, 0.3) is 11.1 Å². The van der Waals surface area contributed by atoms with Crippen molar-refractivity contribution < 1.29 is 19.1 Å². The van der Waals surface area contributed by atoms with Crippen LogP contribution in [-0.4, -0.2) is 26.8 Å². The van der Waals surface area contributed by atoms with Crippen molar-refractivity contribution >= 4 is 11.7 Å². The predicted molar refractivity (Wildman–Crippen MR) is 116 cm³/mol. The van der Waals surface area contributed by atoms with E-state index in [1.165, 1.54) is 12.7 Å². The molecule has 0 aliphatic carbocycles. The number of methoxy groups -OCH3 is 2. The number of hydrogen-bond acceptors (Lipinski definition) is 5. The summed E-state index contributed by atoms with van der Waals surface area (Å²) in [6, 6.07) is 26.4. The molecule has 2 unspecified atom stereocenters. The fraction of sp³-hybridized carbons (Fsp3) is 0.240. The Balaban J connectivity index is 1.65. The molecule has 0 bridgehead atoms. The summed E-state index contributed by atoms with van der Waals surface area (Å²) in [6.45, 7) is 0.451. The van der Waals surface area contributed by atoms with Gasteiger partial charge < -0.3 is 9.47 Å². The third kappa shape index (κ3) is 4.16. The Morgan fingerprint density at radius 1 is 0.933 bits per heavy atom. The number of hydrogen-bond donors (Lipinski definition) is 0. The summed E-state index contributed by atoms with van der Waals surface area (Å²) in [7, 11) is 3.06. The van der Waals surface area contributed by atoms with Crippen LogP contribution in [0.5, 0.6) is 5.75 Å². The fourth-order valence-corrected chi connectivity index (χ4v) is 3.88. The van der Waals surface area contributed by atoms with Crippen LogP contribution in [0, 0.1) is 5.92 Å². The standard InChI is InChI=1S/C25H25NO4/c1-28-23-14-12-22(13-15-23)26-25(21(17-30-26)16-24(27)29-2)20-10-8-19(9-11-20)18-6-4-3-5-7-18/h3-15,21,25H,16-17H2,1-2H3. The number of benzene rings is 3. The molecule has 154 valence electrons. The second-order valence-electron chi connectivity index (χ2n) is 7.29. The van der Waals surface area contributed by atoms with Gasteiger partial charge in [-0.3, -0.25) is 9.63 Å². The topological polar surface area (TPSA) is 48.0 Å². The minimum atomic E-state index is -0.230. The molecule has 5 heteroatoms. The Kier molecular flexibility index (Phi) is 6.00. The van der Waals surface area contributed by atoms with Crippen molar-refractivity contribution in [1.82, 2.24) is 0 Å². The lowest BCUT2D eigenvalue weighted by molar-refractivity contribution is -0.141. The van der Waals surface area contributed by atoms with Crippen LogP contribution in [0.3, 0.4) is 0 Å². The summed E-state index contributed by atoms with van der Waals surface area (Å²) in [5, 5.41) is 1.89. The predicted octanol–water partition coefficient (Wildman–Crippen LogP) is 5.03. The first kappa shape index (κ1) is 20.0. The number of hydroxylamine groups is 1. The fourth-order valence-electron chi connectivity index (χ4n) is 3.88. The molecule has 3 aromatic rings. The SMILES string of the molecule is COC(=O)CC1CON(c2ccc(OC)cc2)C1c1ccc(-c2ccccc2)cc1. The number of rotatable bonds is 6. The first-order chi connectivity index (χ1) is 14.7. The van der Waals surface area contributed by atoms with Crippen LogP contribution >= 0.6 is 0 Å². The zero-order chi connectivity index (χ0) is 20.9. The molecule has 0 spiro atoms. The molecule has 0 radical (unpaired) electrons. The van der Waals surface area contributed by atoms with Gasteiger partial charge in [0.1, 0.15) is 5.75 Å². The monoisotopic (exact) mass is 403 g/mol. The maximum Gasteiger partial charge on any atom is 0.305 e. The zero-order valence-corrected chi connectivity index (χ0v) is 17.2. The molecular weight excluding hydrogens is 378 g/mol. The largest absolute Gasteiger partial charge is 0.497 e. The molecule has 1 heterocycles. The second-order valence-corrected chi connectivity index (χ2v) is 7.29. The van der Waals surface area contributed by atoms with Crippen molar-refractivity contribution in [2.24, 2.45) is 5.92 Å². The van der Waals surface area contributed by atoms with Crippen molar-refractivity contribution in [1.29, 1.82) is 0 Å². The van der Waals surface area contributed by atoms with E-state index in [9.17, 15) is 4.79 Å². The maximum absolute atomic E-state index is 12.0. The summed E-state index contributed by atoms with van der Waals surface area (Å²) in [6.07, 6.45) is 0.300. The van der Waals surface area contributed by atoms with E-state index in [1.54, 1.807) is 7.11 Å². The van der Waals surface area contributed by atoms with Crippen LogP contribution in [0.1, 0.15) is 18.0 Å². The van der Waals surface area contributed by atoms with Gasteiger partial charge in [-0.05, 0) is 41.0 Å². The highest BCUT2D eigenvalue weighted by atomic mass is 16.7. The minimum Gasteiger partial charge on any atom is -0.497 e. The van der Waals surface area contributed by atoms with E-state index in [-0.39, 0.29) is 17.9 Å². The van der Waals surface area contributed by atoms with Crippen LogP contribution in [-0.2, 0) is 14.4 Å². The lowest BCUT2D eigenvalue weighted by Crippen LogP contribution is -2.25. The third-order valence-corrected chi connectivity index (χ3v) is 5.47. The smallest absolute Gasteiger partial charge is 0.305 e. The summed E-state index contributed by atoms with van der Waals surface area (Å²) in [5.41, 5.74) is 4.33. The molecular formula is C25H25NO4. The van der Waals surface area contributed by atoms with E-state index >= 15 is 0 Å². The van der Waals surface area contributed by atoms with E-state index in [2.05, 4.69) is 36.4 Å². The number of esters is 1. The highest BCUT2D eigenvalue weighted by Gasteiger charge is 2.38. The van der Waals surface area contributed by atoms with Gasteiger partial charge in [-0.2, -0.15) is 0 Å². The first-order valence-electron chi connectivity index (χ1n) is 9.98. The molecule has 0 N–H and O–H groups in total. The van der Waals surface area contributed by atoms with Gasteiger partial charge in [0.2, 0.25) is 0 Å². The highest BCUT2D eigenvalue weighted by molar-refractivity contribution is 5.70. The molecule has 1 aliphatic heterocycles. The second kappa shape index (κ2) is 9.01. The quantitative estimate of drug-likeness (QED) is 0.540. The lowest BCUT2D eigenvalue weighted by Gasteiger charge is -2.27. The average molecular weight is 403 g/mol. The van der Waals surface area contributed by atoms with Crippen molar-refractivity contribution in [2.45, 2.75) is 12.5 Å². The normalized spacial score (nSPS) is 18.3. The van der Waals surface area contributed by atoms with Gasteiger partial charge in [-0.15, -0.1) is 0 Å². The van der Waals surface area contributed by atoms with Crippen molar-refractivity contribution in [3.63, 3.8) is 0 Å². The molecule has 30 heavy (non-hydrogen) atoms. The van der Waals surface area contributed by atoms with Crippen LogP contribution < -0.4 is 9.80 Å². The molecule has 3 aromatic carbocycles. The number of nitrogens with zero attached hydrogens (tertiary/aromatic N) is 1. The van der Waals surface area contributed by atoms with E-state index in [1.807, 2.05) is 47.5 Å². The average Bonchev–Trinajstić information content (AvgIpc) is 3.23. The molecule has 1 fully saturated rings. The summed E-state index contributed by atoms with van der Waals surface area (Å²) >= 11 is 0. The van der Waals surface area contributed by atoms with Gasteiger partial charge in [-0.1, -0.05) is 54.6 Å². The van der Waals surface area contributed by atoms with Gasteiger partial charge in [-0.25, -0.2) is 5.06 Å². The minimum absolute atomic E-state index is 0.0119. The van der Waals surface area contributed by atoms with Gasteiger partial charge >= 0.3 is 5.97 Å². The molecule has 4 rings (SSSR count). The van der Waals surface area contributed by atoms with Crippen molar-refractivity contribution in [3.05, 3.63) is 84.4 Å². The Hall–Kier alpha value is -3.31. The molecule has 5 nitrogen and oxygen atoms in total. The van der Waals surface area contributed by atoms with Gasteiger partial charge in [0.25, 0.3) is 0 Å². The Labute approximate surface area is 176 Å². The van der Waals surface area contributed by atoms with Gasteiger partial charge in [0.15, 0.2) is 0 Å². The lowest BCUT2D eigenvalue weighted by atomic mass is 9.90. The van der Waals surface area contributed by atoms with Crippen LogP contribution in [0.2, 0.25) is 0 Å². The van der Waals surface area contributed by atoms with Gasteiger partial charge in [0.05, 0.1) is 39.0 Å². The molecule has 0 amide bonds. The van der Waals surface area contributed by atoms with Crippen molar-refractivity contribution in [3.8, 4) is 16.9 Å². The number of ether oxygens (including phenoxy) is 2. The summed E-state index contributed by atoms with van der Waals surface area (Å²) in [4.78, 5) is 18.0. The maximum atomic E-state index is 12.0. The van der Waals surface area contributed by atoms with E-state index in [0.29, 0.717) is 13.0 Å². The molecule has 0 aromatic heterocycles. The zero-order valence-electron chi connectivity index (χ0n) is 17.2. The van der Waals surface area contributed by atoms with Crippen LogP contribution in [0.15, 0.2) is 78.9 Å². The summed E-state index contributed by atoms with van der Waals surface area (Å²) < 4.78 is 10.2. The van der Waals surface area contributed by atoms with Gasteiger partial charge in [0, 0.05) is 5.92 Å². The van der Waals surface area contributed by atoms with Crippen molar-refractivity contribution in [2.75, 3.05) is 25.9 Å². The summed E-state index contributed by atoms with van der Waals surface area (Å²) in [5.74, 6) is 0.543. The Bertz CT molecular complexity index is 970. The van der Waals surface area contributed by atoms with E-state index in [0.717, 1.165) is 22.6 Å². The highest BCUT2D eigenvalue weighted by Crippen LogP contribution is 2.41. The number of carbonyl (C=O) groups is 1. The van der Waals surface area contributed by atoms with Crippen LogP contribution in [0.4, 0.5) is 5.69 Å². The number of carbonyl (C=O) groups excluding carboxylic acids is 1. The molecule has 2 atom stereocenters. The molecule has 0 saturated carbocycles. The van der Waals surface area contributed by atoms with E-state index < -0.39 is 0 Å². The Morgan fingerprint density at radius 2 is 1.60 bits per heavy atom. The number of anilines is 1.